The number of hydrogen-bond acceptors (Lipinski definition) is 1. The highest BCUT2D eigenvalue weighted by Gasteiger charge is 2.21. The molecule has 0 saturated heterocycles. The molecule has 130 valence electrons. The summed E-state index contributed by atoms with van der Waals surface area (Å²) in [7, 11) is -1.35. The standard InChI is InChI=1S/C23H29NSi/c1-16-12-21(24-15-22(16)25(5,6)7)18-13-17-10-8-9-11-19(17)20(14-18)23(2,3)4/h8-15H,1-7H3. The van der Waals surface area contributed by atoms with Crippen LogP contribution in [0.25, 0.3) is 22.0 Å². The Labute approximate surface area is 153 Å². The lowest BCUT2D eigenvalue weighted by Crippen LogP contribution is -2.39. The number of benzene rings is 2. The number of pyridine rings is 1. The summed E-state index contributed by atoms with van der Waals surface area (Å²) in [6.07, 6.45) is 2.11. The topological polar surface area (TPSA) is 12.9 Å². The van der Waals surface area contributed by atoms with Crippen molar-refractivity contribution in [3.63, 3.8) is 0 Å². The van der Waals surface area contributed by atoms with Gasteiger partial charge in [0.2, 0.25) is 0 Å². The Morgan fingerprint density at radius 2 is 1.60 bits per heavy atom. The first kappa shape index (κ1) is 17.9. The zero-order valence-corrected chi connectivity index (χ0v) is 17.6. The van der Waals surface area contributed by atoms with Crippen molar-refractivity contribution in [1.82, 2.24) is 4.98 Å². The highest BCUT2D eigenvalue weighted by molar-refractivity contribution is 6.89. The average molecular weight is 348 g/mol. The molecule has 0 fully saturated rings. The molecular formula is C23H29NSi. The first-order valence-corrected chi connectivity index (χ1v) is 12.6. The van der Waals surface area contributed by atoms with Gasteiger partial charge in [-0.25, -0.2) is 0 Å². The highest BCUT2D eigenvalue weighted by atomic mass is 28.3. The zero-order valence-electron chi connectivity index (χ0n) is 16.6. The number of aryl methyl sites for hydroxylation is 1. The summed E-state index contributed by atoms with van der Waals surface area (Å²) < 4.78 is 0. The van der Waals surface area contributed by atoms with Gasteiger partial charge in [-0.2, -0.15) is 0 Å². The van der Waals surface area contributed by atoms with Gasteiger partial charge in [-0.3, -0.25) is 4.98 Å². The summed E-state index contributed by atoms with van der Waals surface area (Å²) in [5.41, 5.74) is 5.15. The van der Waals surface area contributed by atoms with Crippen LogP contribution >= 0.6 is 0 Å². The maximum Gasteiger partial charge on any atom is 0.0799 e. The highest BCUT2D eigenvalue weighted by Crippen LogP contribution is 2.34. The van der Waals surface area contributed by atoms with E-state index < -0.39 is 8.07 Å². The van der Waals surface area contributed by atoms with Gasteiger partial charge < -0.3 is 0 Å². The van der Waals surface area contributed by atoms with Gasteiger partial charge in [-0.15, -0.1) is 0 Å². The van der Waals surface area contributed by atoms with E-state index in [9.17, 15) is 0 Å². The summed E-state index contributed by atoms with van der Waals surface area (Å²) in [6.45, 7) is 16.2. The van der Waals surface area contributed by atoms with E-state index in [1.54, 1.807) is 0 Å². The van der Waals surface area contributed by atoms with E-state index in [0.717, 1.165) is 5.69 Å². The van der Waals surface area contributed by atoms with Gasteiger partial charge in [-0.1, -0.05) is 64.7 Å². The van der Waals surface area contributed by atoms with E-state index in [0.29, 0.717) is 0 Å². The minimum absolute atomic E-state index is 0.100. The summed E-state index contributed by atoms with van der Waals surface area (Å²) in [5, 5.41) is 4.08. The summed E-state index contributed by atoms with van der Waals surface area (Å²) in [6, 6.07) is 15.6. The lowest BCUT2D eigenvalue weighted by atomic mass is 9.82. The quantitative estimate of drug-likeness (QED) is 0.514. The minimum Gasteiger partial charge on any atom is -0.256 e. The molecule has 0 saturated carbocycles. The first-order valence-electron chi connectivity index (χ1n) is 9.08. The fraction of sp³-hybridized carbons (Fsp3) is 0.348. The second-order valence-corrected chi connectivity index (χ2v) is 14.2. The van der Waals surface area contributed by atoms with Crippen LogP contribution in [0.3, 0.4) is 0 Å². The van der Waals surface area contributed by atoms with Gasteiger partial charge in [0.1, 0.15) is 0 Å². The first-order chi connectivity index (χ1) is 11.6. The number of rotatable bonds is 2. The van der Waals surface area contributed by atoms with Crippen LogP contribution in [0.4, 0.5) is 0 Å². The third-order valence-electron chi connectivity index (χ3n) is 4.88. The zero-order chi connectivity index (χ0) is 18.4. The van der Waals surface area contributed by atoms with Gasteiger partial charge in [0.25, 0.3) is 0 Å². The van der Waals surface area contributed by atoms with Gasteiger partial charge >= 0.3 is 0 Å². The van der Waals surface area contributed by atoms with E-state index in [-0.39, 0.29) is 5.41 Å². The molecule has 0 radical (unpaired) electrons. The molecule has 1 aromatic heterocycles. The molecule has 25 heavy (non-hydrogen) atoms. The van der Waals surface area contributed by atoms with Crippen LogP contribution in [0.15, 0.2) is 48.7 Å². The van der Waals surface area contributed by atoms with Crippen LogP contribution in [0, 0.1) is 6.92 Å². The molecule has 1 heterocycles. The van der Waals surface area contributed by atoms with Gasteiger partial charge in [0.15, 0.2) is 0 Å². The van der Waals surface area contributed by atoms with Gasteiger partial charge in [0.05, 0.1) is 13.8 Å². The molecule has 0 aliphatic rings. The molecule has 0 atom stereocenters. The van der Waals surface area contributed by atoms with E-state index >= 15 is 0 Å². The van der Waals surface area contributed by atoms with Crippen molar-refractivity contribution < 1.29 is 0 Å². The molecule has 0 aliphatic heterocycles. The lowest BCUT2D eigenvalue weighted by Gasteiger charge is -2.23. The van der Waals surface area contributed by atoms with Crippen molar-refractivity contribution in [3.8, 4) is 11.3 Å². The second kappa shape index (κ2) is 6.10. The third kappa shape index (κ3) is 3.54. The van der Waals surface area contributed by atoms with Crippen molar-refractivity contribution in [2.75, 3.05) is 0 Å². The smallest absolute Gasteiger partial charge is 0.0799 e. The maximum atomic E-state index is 4.84. The normalized spacial score (nSPS) is 12.6. The van der Waals surface area contributed by atoms with Crippen molar-refractivity contribution in [1.29, 1.82) is 0 Å². The van der Waals surface area contributed by atoms with E-state index in [4.69, 9.17) is 4.98 Å². The largest absolute Gasteiger partial charge is 0.256 e. The monoisotopic (exact) mass is 347 g/mol. The molecular weight excluding hydrogens is 318 g/mol. The van der Waals surface area contributed by atoms with Crippen LogP contribution < -0.4 is 5.19 Å². The fourth-order valence-electron chi connectivity index (χ4n) is 3.58. The molecule has 2 aromatic carbocycles. The molecule has 1 nitrogen and oxygen atoms in total. The summed E-state index contributed by atoms with van der Waals surface area (Å²) >= 11 is 0. The molecule has 0 aliphatic carbocycles. The Morgan fingerprint density at radius 3 is 2.20 bits per heavy atom. The Hall–Kier alpha value is -1.93. The van der Waals surface area contributed by atoms with Crippen LogP contribution in [0.1, 0.15) is 31.9 Å². The van der Waals surface area contributed by atoms with Crippen LogP contribution in [-0.2, 0) is 5.41 Å². The summed E-state index contributed by atoms with van der Waals surface area (Å²) in [5.74, 6) is 0. The Morgan fingerprint density at radius 1 is 0.920 bits per heavy atom. The number of hydrogen-bond donors (Lipinski definition) is 0. The van der Waals surface area contributed by atoms with E-state index in [1.807, 2.05) is 0 Å². The van der Waals surface area contributed by atoms with Crippen molar-refractivity contribution >= 4 is 24.0 Å². The molecule has 2 heteroatoms. The van der Waals surface area contributed by atoms with Gasteiger partial charge in [0, 0.05) is 11.8 Å². The maximum absolute atomic E-state index is 4.84. The molecule has 0 spiro atoms. The van der Waals surface area contributed by atoms with Crippen LogP contribution in [0.2, 0.25) is 19.6 Å². The molecule has 0 N–H and O–H groups in total. The van der Waals surface area contributed by atoms with Gasteiger partial charge in [-0.05, 0) is 57.6 Å². The van der Waals surface area contributed by atoms with E-state index in [2.05, 4.69) is 96.0 Å². The van der Waals surface area contributed by atoms with E-state index in [1.165, 1.54) is 32.6 Å². The average Bonchev–Trinajstić information content (AvgIpc) is 2.51. The lowest BCUT2D eigenvalue weighted by molar-refractivity contribution is 0.596. The summed E-state index contributed by atoms with van der Waals surface area (Å²) in [4.78, 5) is 4.84. The van der Waals surface area contributed by atoms with Crippen molar-refractivity contribution in [2.45, 2.75) is 52.8 Å². The van der Waals surface area contributed by atoms with Crippen molar-refractivity contribution in [3.05, 3.63) is 59.8 Å². The predicted octanol–water partition coefficient (Wildman–Crippen LogP) is 6.05. The van der Waals surface area contributed by atoms with Crippen LogP contribution in [-0.4, -0.2) is 13.1 Å². The molecule has 3 aromatic rings. The Kier molecular flexibility index (Phi) is 4.36. The molecule has 0 bridgehead atoms. The number of fused-ring (bicyclic) bond motifs is 1. The number of nitrogens with zero attached hydrogens (tertiary/aromatic N) is 1. The fourth-order valence-corrected chi connectivity index (χ4v) is 5.29. The molecule has 0 amide bonds. The molecule has 3 rings (SSSR count). The minimum atomic E-state index is -1.35. The number of aromatic nitrogens is 1. The van der Waals surface area contributed by atoms with Crippen LogP contribution in [0.5, 0.6) is 0 Å². The SMILES string of the molecule is Cc1cc(-c2cc(C(C)(C)C)c3ccccc3c2)ncc1[Si](C)(C)C. The Balaban J connectivity index is 2.22. The predicted molar refractivity (Wildman–Crippen MR) is 114 cm³/mol. The molecule has 0 unspecified atom stereocenters. The Bertz CT molecular complexity index is 927. The van der Waals surface area contributed by atoms with Crippen molar-refractivity contribution in [2.24, 2.45) is 0 Å². The second-order valence-electron chi connectivity index (χ2n) is 9.13. The third-order valence-corrected chi connectivity index (χ3v) is 7.02.